The van der Waals surface area contributed by atoms with Gasteiger partial charge in [-0.05, 0) is 12.3 Å². The van der Waals surface area contributed by atoms with Crippen molar-refractivity contribution in [2.45, 2.75) is 38.6 Å². The summed E-state index contributed by atoms with van der Waals surface area (Å²) in [6.45, 7) is 3.84. The van der Waals surface area contributed by atoms with E-state index >= 15 is 0 Å². The fourth-order valence-corrected chi connectivity index (χ4v) is 1.02. The lowest BCUT2D eigenvalue weighted by molar-refractivity contribution is -0.0614. The quantitative estimate of drug-likeness (QED) is 0.437. The first-order valence-electron chi connectivity index (χ1n) is 4.23. The molecule has 0 aromatic rings. The van der Waals surface area contributed by atoms with Crippen LogP contribution in [0.3, 0.4) is 0 Å². The van der Waals surface area contributed by atoms with Crippen molar-refractivity contribution in [2.75, 3.05) is 6.54 Å². The zero-order valence-corrected chi connectivity index (χ0v) is 7.64. The van der Waals surface area contributed by atoms with Gasteiger partial charge in [-0.15, -0.1) is 0 Å². The summed E-state index contributed by atoms with van der Waals surface area (Å²) in [5.74, 6) is 0.291. The first-order valence-corrected chi connectivity index (χ1v) is 4.23. The summed E-state index contributed by atoms with van der Waals surface area (Å²) in [4.78, 5) is 0. The Kier molecular flexibility index (Phi) is 5.41. The lowest BCUT2D eigenvalue weighted by Gasteiger charge is -2.22. The Labute approximate surface area is 73.0 Å². The average molecular weight is 177 g/mol. The van der Waals surface area contributed by atoms with Crippen molar-refractivity contribution in [3.05, 3.63) is 0 Å². The second-order valence-corrected chi connectivity index (χ2v) is 3.49. The largest absolute Gasteiger partial charge is 0.390 e. The summed E-state index contributed by atoms with van der Waals surface area (Å²) in [6.07, 6.45) is -2.57. The molecule has 3 unspecified atom stereocenters. The van der Waals surface area contributed by atoms with E-state index in [1.807, 2.05) is 13.8 Å². The molecule has 0 radical (unpaired) electrons. The summed E-state index contributed by atoms with van der Waals surface area (Å²) in [5, 5.41) is 27.7. The summed E-state index contributed by atoms with van der Waals surface area (Å²) >= 11 is 0. The molecule has 4 nitrogen and oxygen atoms in total. The fraction of sp³-hybridized carbons (Fsp3) is 1.00. The minimum atomic E-state index is -1.13. The maximum absolute atomic E-state index is 9.32. The highest BCUT2D eigenvalue weighted by Gasteiger charge is 2.23. The first kappa shape index (κ1) is 11.8. The molecule has 0 aliphatic carbocycles. The van der Waals surface area contributed by atoms with Gasteiger partial charge in [0.05, 0.1) is 12.2 Å². The second-order valence-electron chi connectivity index (χ2n) is 3.49. The van der Waals surface area contributed by atoms with E-state index in [0.29, 0.717) is 12.3 Å². The van der Waals surface area contributed by atoms with Crippen LogP contribution in [0, 0.1) is 5.92 Å². The molecule has 0 saturated heterocycles. The monoisotopic (exact) mass is 177 g/mol. The van der Waals surface area contributed by atoms with Crippen LogP contribution in [-0.2, 0) is 0 Å². The average Bonchev–Trinajstić information content (AvgIpc) is 2.00. The van der Waals surface area contributed by atoms with Gasteiger partial charge in [0.25, 0.3) is 0 Å². The number of aliphatic hydroxyl groups is 3. The Bertz CT molecular complexity index is 119. The summed E-state index contributed by atoms with van der Waals surface area (Å²) in [6, 6.07) is 0. The van der Waals surface area contributed by atoms with E-state index in [1.165, 1.54) is 0 Å². The lowest BCUT2D eigenvalue weighted by Crippen LogP contribution is -2.42. The molecular formula is C8H19NO3. The zero-order valence-electron chi connectivity index (χ0n) is 7.64. The van der Waals surface area contributed by atoms with Crippen molar-refractivity contribution >= 4 is 0 Å². The van der Waals surface area contributed by atoms with Crippen molar-refractivity contribution in [2.24, 2.45) is 11.7 Å². The summed E-state index contributed by atoms with van der Waals surface area (Å²) < 4.78 is 0. The van der Waals surface area contributed by atoms with Crippen molar-refractivity contribution in [1.82, 2.24) is 0 Å². The Morgan fingerprint density at radius 3 is 1.92 bits per heavy atom. The van der Waals surface area contributed by atoms with Crippen LogP contribution in [0.1, 0.15) is 20.3 Å². The van der Waals surface area contributed by atoms with Crippen LogP contribution in [0.25, 0.3) is 0 Å². The van der Waals surface area contributed by atoms with E-state index in [-0.39, 0.29) is 6.54 Å². The normalized spacial score (nSPS) is 19.2. The van der Waals surface area contributed by atoms with Crippen LogP contribution in [0.2, 0.25) is 0 Å². The molecule has 0 aliphatic heterocycles. The van der Waals surface area contributed by atoms with Crippen LogP contribution in [0.5, 0.6) is 0 Å². The molecule has 0 aliphatic rings. The molecule has 0 saturated carbocycles. The van der Waals surface area contributed by atoms with Crippen LogP contribution < -0.4 is 5.73 Å². The van der Waals surface area contributed by atoms with Gasteiger partial charge in [0.1, 0.15) is 6.10 Å². The molecule has 0 fully saturated rings. The number of rotatable bonds is 5. The molecule has 0 amide bonds. The van der Waals surface area contributed by atoms with E-state index < -0.39 is 18.3 Å². The predicted octanol–water partition coefficient (Wildman–Crippen LogP) is -0.926. The molecule has 0 bridgehead atoms. The number of aliphatic hydroxyl groups excluding tert-OH is 3. The van der Waals surface area contributed by atoms with Gasteiger partial charge < -0.3 is 21.1 Å². The van der Waals surface area contributed by atoms with Crippen LogP contribution >= 0.6 is 0 Å². The molecular weight excluding hydrogens is 158 g/mol. The van der Waals surface area contributed by atoms with Crippen LogP contribution in [-0.4, -0.2) is 40.2 Å². The SMILES string of the molecule is CC(C)CC(O)C(O)C(O)CN. The lowest BCUT2D eigenvalue weighted by atomic mass is 9.99. The van der Waals surface area contributed by atoms with Gasteiger partial charge in [0.15, 0.2) is 0 Å². The standard InChI is InChI=1S/C8H19NO3/c1-5(2)3-6(10)8(12)7(11)4-9/h5-8,10-12H,3-4,9H2,1-2H3. The van der Waals surface area contributed by atoms with E-state index in [4.69, 9.17) is 10.8 Å². The molecule has 12 heavy (non-hydrogen) atoms. The van der Waals surface area contributed by atoms with Crippen molar-refractivity contribution in [3.8, 4) is 0 Å². The summed E-state index contributed by atoms with van der Waals surface area (Å²) in [5.41, 5.74) is 5.12. The Balaban J connectivity index is 3.83. The fourth-order valence-electron chi connectivity index (χ4n) is 1.02. The second kappa shape index (κ2) is 5.48. The Morgan fingerprint density at radius 1 is 1.08 bits per heavy atom. The van der Waals surface area contributed by atoms with Gasteiger partial charge in [0, 0.05) is 6.54 Å². The maximum atomic E-state index is 9.32. The molecule has 3 atom stereocenters. The molecule has 0 aromatic heterocycles. The van der Waals surface area contributed by atoms with Crippen molar-refractivity contribution in [3.63, 3.8) is 0 Å². The van der Waals surface area contributed by atoms with Gasteiger partial charge >= 0.3 is 0 Å². The van der Waals surface area contributed by atoms with Gasteiger partial charge in [-0.1, -0.05) is 13.8 Å². The molecule has 0 rings (SSSR count). The third-order valence-corrected chi connectivity index (χ3v) is 1.74. The minimum Gasteiger partial charge on any atom is -0.390 e. The summed E-state index contributed by atoms with van der Waals surface area (Å²) in [7, 11) is 0. The van der Waals surface area contributed by atoms with Gasteiger partial charge in [-0.2, -0.15) is 0 Å². The predicted molar refractivity (Wildman–Crippen MR) is 46.5 cm³/mol. The van der Waals surface area contributed by atoms with Crippen molar-refractivity contribution < 1.29 is 15.3 Å². The maximum Gasteiger partial charge on any atom is 0.107 e. The first-order chi connectivity index (χ1) is 5.49. The number of nitrogens with two attached hydrogens (primary N) is 1. The highest BCUT2D eigenvalue weighted by Crippen LogP contribution is 2.10. The van der Waals surface area contributed by atoms with Gasteiger partial charge in [-0.3, -0.25) is 0 Å². The Morgan fingerprint density at radius 2 is 1.58 bits per heavy atom. The van der Waals surface area contributed by atoms with Gasteiger partial charge in [-0.25, -0.2) is 0 Å². The number of hydrogen-bond donors (Lipinski definition) is 4. The topological polar surface area (TPSA) is 86.7 Å². The van der Waals surface area contributed by atoms with Gasteiger partial charge in [0.2, 0.25) is 0 Å². The smallest absolute Gasteiger partial charge is 0.107 e. The molecule has 0 spiro atoms. The molecule has 5 N–H and O–H groups in total. The molecule has 4 heteroatoms. The molecule has 74 valence electrons. The van der Waals surface area contributed by atoms with E-state index in [9.17, 15) is 10.2 Å². The Hall–Kier alpha value is -0.160. The minimum absolute atomic E-state index is 0.0314. The van der Waals surface area contributed by atoms with E-state index in [2.05, 4.69) is 0 Å². The highest BCUT2D eigenvalue weighted by molar-refractivity contribution is 4.76. The third kappa shape index (κ3) is 4.01. The third-order valence-electron chi connectivity index (χ3n) is 1.74. The highest BCUT2D eigenvalue weighted by atomic mass is 16.4. The zero-order chi connectivity index (χ0) is 9.72. The number of hydrogen-bond acceptors (Lipinski definition) is 4. The molecule has 0 heterocycles. The van der Waals surface area contributed by atoms with Crippen LogP contribution in [0.4, 0.5) is 0 Å². The van der Waals surface area contributed by atoms with E-state index in [1.54, 1.807) is 0 Å². The van der Waals surface area contributed by atoms with Crippen LogP contribution in [0.15, 0.2) is 0 Å². The van der Waals surface area contributed by atoms with Crippen molar-refractivity contribution in [1.29, 1.82) is 0 Å². The molecule has 0 aromatic carbocycles. The van der Waals surface area contributed by atoms with E-state index in [0.717, 1.165) is 0 Å².